The molecule has 3 rings (SSSR count). The summed E-state index contributed by atoms with van der Waals surface area (Å²) in [4.78, 5) is 20.6. The summed E-state index contributed by atoms with van der Waals surface area (Å²) in [6.07, 6.45) is 5.91. The van der Waals surface area contributed by atoms with Crippen LogP contribution in [-0.2, 0) is 4.74 Å². The standard InChI is InChI=1S/C16H24N4O2/c1-13(15-3-2-12-22-15)18-16(21)20-10-8-19(9-11-20)14-4-6-17-7-5-14/h4-7,13,15H,2-3,8-12H2,1H3,(H,18,21). The molecule has 0 aliphatic carbocycles. The Morgan fingerprint density at radius 2 is 2.05 bits per heavy atom. The van der Waals surface area contributed by atoms with Crippen molar-refractivity contribution in [1.82, 2.24) is 15.2 Å². The number of aromatic nitrogens is 1. The van der Waals surface area contributed by atoms with E-state index in [2.05, 4.69) is 15.2 Å². The summed E-state index contributed by atoms with van der Waals surface area (Å²) in [5.41, 5.74) is 1.17. The molecular weight excluding hydrogens is 280 g/mol. The molecule has 3 heterocycles. The number of ether oxygens (including phenoxy) is 1. The van der Waals surface area contributed by atoms with Crippen molar-refractivity contribution >= 4 is 11.7 Å². The summed E-state index contributed by atoms with van der Waals surface area (Å²) in [6, 6.07) is 4.12. The quantitative estimate of drug-likeness (QED) is 0.919. The van der Waals surface area contributed by atoms with Gasteiger partial charge in [-0.3, -0.25) is 4.98 Å². The number of piperazine rings is 1. The van der Waals surface area contributed by atoms with Crippen LogP contribution in [0, 0.1) is 0 Å². The maximum absolute atomic E-state index is 12.3. The van der Waals surface area contributed by atoms with Crippen molar-refractivity contribution in [2.75, 3.05) is 37.7 Å². The van der Waals surface area contributed by atoms with Crippen molar-refractivity contribution in [2.45, 2.75) is 31.9 Å². The van der Waals surface area contributed by atoms with Crippen LogP contribution in [0.25, 0.3) is 0 Å². The Kier molecular flexibility index (Phi) is 4.77. The van der Waals surface area contributed by atoms with Gasteiger partial charge in [0.25, 0.3) is 0 Å². The lowest BCUT2D eigenvalue weighted by molar-refractivity contribution is 0.0831. The Morgan fingerprint density at radius 1 is 1.32 bits per heavy atom. The van der Waals surface area contributed by atoms with Gasteiger partial charge in [0.05, 0.1) is 12.1 Å². The predicted molar refractivity (Wildman–Crippen MR) is 85.0 cm³/mol. The zero-order valence-electron chi connectivity index (χ0n) is 13.1. The molecule has 2 unspecified atom stereocenters. The average Bonchev–Trinajstić information content (AvgIpc) is 3.10. The zero-order chi connectivity index (χ0) is 15.4. The van der Waals surface area contributed by atoms with E-state index < -0.39 is 0 Å². The molecule has 6 nitrogen and oxygen atoms in total. The summed E-state index contributed by atoms with van der Waals surface area (Å²) >= 11 is 0. The monoisotopic (exact) mass is 304 g/mol. The number of hydrogen-bond donors (Lipinski definition) is 1. The fraction of sp³-hybridized carbons (Fsp3) is 0.625. The summed E-state index contributed by atoms with van der Waals surface area (Å²) in [7, 11) is 0. The number of anilines is 1. The first-order chi connectivity index (χ1) is 10.7. The molecule has 1 aromatic heterocycles. The Bertz CT molecular complexity index is 482. The van der Waals surface area contributed by atoms with Crippen molar-refractivity contribution in [2.24, 2.45) is 0 Å². The van der Waals surface area contributed by atoms with Gasteiger partial charge < -0.3 is 19.9 Å². The molecule has 0 aromatic carbocycles. The Labute approximate surface area is 131 Å². The Hall–Kier alpha value is -1.82. The summed E-state index contributed by atoms with van der Waals surface area (Å²) in [6.45, 7) is 6.03. The van der Waals surface area contributed by atoms with Crippen LogP contribution in [0.3, 0.4) is 0 Å². The molecule has 2 aliphatic heterocycles. The van der Waals surface area contributed by atoms with Crippen molar-refractivity contribution in [1.29, 1.82) is 0 Å². The molecule has 1 N–H and O–H groups in total. The van der Waals surface area contributed by atoms with Gasteiger partial charge in [-0.25, -0.2) is 4.79 Å². The van der Waals surface area contributed by atoms with Gasteiger partial charge in [0, 0.05) is 50.9 Å². The van der Waals surface area contributed by atoms with E-state index in [1.165, 1.54) is 5.69 Å². The molecule has 0 saturated carbocycles. The maximum atomic E-state index is 12.3. The summed E-state index contributed by atoms with van der Waals surface area (Å²) < 4.78 is 5.63. The summed E-state index contributed by atoms with van der Waals surface area (Å²) in [5.74, 6) is 0. The van der Waals surface area contributed by atoms with Crippen LogP contribution in [0.2, 0.25) is 0 Å². The molecule has 2 atom stereocenters. The molecule has 2 saturated heterocycles. The molecule has 0 radical (unpaired) electrons. The minimum Gasteiger partial charge on any atom is -0.376 e. The van der Waals surface area contributed by atoms with Crippen LogP contribution in [-0.4, -0.2) is 60.8 Å². The van der Waals surface area contributed by atoms with Crippen LogP contribution >= 0.6 is 0 Å². The van der Waals surface area contributed by atoms with E-state index in [4.69, 9.17) is 4.74 Å². The Balaban J connectivity index is 1.47. The number of hydrogen-bond acceptors (Lipinski definition) is 4. The van der Waals surface area contributed by atoms with E-state index in [9.17, 15) is 4.79 Å². The average molecular weight is 304 g/mol. The lowest BCUT2D eigenvalue weighted by Crippen LogP contribution is -2.54. The highest BCUT2D eigenvalue weighted by Crippen LogP contribution is 2.17. The van der Waals surface area contributed by atoms with E-state index in [0.717, 1.165) is 45.6 Å². The van der Waals surface area contributed by atoms with Gasteiger partial charge in [-0.2, -0.15) is 0 Å². The number of carbonyl (C=O) groups excluding carboxylic acids is 1. The van der Waals surface area contributed by atoms with Gasteiger partial charge >= 0.3 is 6.03 Å². The van der Waals surface area contributed by atoms with E-state index in [1.54, 1.807) is 12.4 Å². The van der Waals surface area contributed by atoms with E-state index in [-0.39, 0.29) is 18.2 Å². The topological polar surface area (TPSA) is 57.7 Å². The van der Waals surface area contributed by atoms with Gasteiger partial charge in [0.1, 0.15) is 0 Å². The first-order valence-electron chi connectivity index (χ1n) is 8.06. The van der Waals surface area contributed by atoms with E-state index >= 15 is 0 Å². The predicted octanol–water partition coefficient (Wildman–Crippen LogP) is 1.48. The fourth-order valence-electron chi connectivity index (χ4n) is 3.10. The van der Waals surface area contributed by atoms with Crippen molar-refractivity contribution < 1.29 is 9.53 Å². The van der Waals surface area contributed by atoms with Gasteiger partial charge in [0.15, 0.2) is 0 Å². The number of nitrogens with zero attached hydrogens (tertiary/aromatic N) is 3. The van der Waals surface area contributed by atoms with Crippen LogP contribution in [0.5, 0.6) is 0 Å². The first kappa shape index (κ1) is 15.1. The van der Waals surface area contributed by atoms with Crippen molar-refractivity contribution in [3.05, 3.63) is 24.5 Å². The number of carbonyl (C=O) groups is 1. The number of pyridine rings is 1. The van der Waals surface area contributed by atoms with Crippen LogP contribution in [0.15, 0.2) is 24.5 Å². The molecule has 6 heteroatoms. The van der Waals surface area contributed by atoms with Crippen LogP contribution < -0.4 is 10.2 Å². The van der Waals surface area contributed by atoms with Crippen molar-refractivity contribution in [3.63, 3.8) is 0 Å². The SMILES string of the molecule is CC(NC(=O)N1CCN(c2ccncc2)CC1)C1CCCO1. The largest absolute Gasteiger partial charge is 0.376 e. The smallest absolute Gasteiger partial charge is 0.317 e. The molecule has 0 spiro atoms. The highest BCUT2D eigenvalue weighted by Gasteiger charge is 2.27. The van der Waals surface area contributed by atoms with Crippen LogP contribution in [0.4, 0.5) is 10.5 Å². The van der Waals surface area contributed by atoms with E-state index in [1.807, 2.05) is 24.0 Å². The number of amides is 2. The highest BCUT2D eigenvalue weighted by atomic mass is 16.5. The number of nitrogens with one attached hydrogen (secondary N) is 1. The second-order valence-corrected chi connectivity index (χ2v) is 5.97. The number of urea groups is 1. The molecule has 22 heavy (non-hydrogen) atoms. The Morgan fingerprint density at radius 3 is 2.68 bits per heavy atom. The molecule has 2 aliphatic rings. The van der Waals surface area contributed by atoms with E-state index in [0.29, 0.717) is 0 Å². The van der Waals surface area contributed by atoms with Gasteiger partial charge in [0.2, 0.25) is 0 Å². The maximum Gasteiger partial charge on any atom is 0.317 e. The third-order valence-corrected chi connectivity index (χ3v) is 4.47. The molecule has 2 amide bonds. The minimum absolute atomic E-state index is 0.0254. The molecule has 2 fully saturated rings. The minimum atomic E-state index is 0.0254. The number of rotatable bonds is 3. The zero-order valence-corrected chi connectivity index (χ0v) is 13.1. The molecule has 120 valence electrons. The molecule has 1 aromatic rings. The second kappa shape index (κ2) is 6.96. The van der Waals surface area contributed by atoms with Gasteiger partial charge in [-0.05, 0) is 31.9 Å². The van der Waals surface area contributed by atoms with Crippen LogP contribution in [0.1, 0.15) is 19.8 Å². The highest BCUT2D eigenvalue weighted by molar-refractivity contribution is 5.75. The van der Waals surface area contributed by atoms with Crippen molar-refractivity contribution in [3.8, 4) is 0 Å². The lowest BCUT2D eigenvalue weighted by Gasteiger charge is -2.36. The normalized spacial score (nSPS) is 23.4. The second-order valence-electron chi connectivity index (χ2n) is 5.97. The third-order valence-electron chi connectivity index (χ3n) is 4.47. The molecule has 0 bridgehead atoms. The molecular formula is C16H24N4O2. The summed E-state index contributed by atoms with van der Waals surface area (Å²) in [5, 5.41) is 3.08. The lowest BCUT2D eigenvalue weighted by atomic mass is 10.1. The van der Waals surface area contributed by atoms with Gasteiger partial charge in [-0.15, -0.1) is 0 Å². The third kappa shape index (κ3) is 3.50. The first-order valence-corrected chi connectivity index (χ1v) is 8.06. The van der Waals surface area contributed by atoms with Gasteiger partial charge in [-0.1, -0.05) is 0 Å². The fourth-order valence-corrected chi connectivity index (χ4v) is 3.10.